The summed E-state index contributed by atoms with van der Waals surface area (Å²) in [4.78, 5) is 19.2. The van der Waals surface area contributed by atoms with Crippen LogP contribution in [0.15, 0.2) is 41.9 Å². The maximum absolute atomic E-state index is 11.3. The Bertz CT molecular complexity index is 908. The molecule has 1 N–H and O–H groups in total. The topological polar surface area (TPSA) is 45.2 Å². The van der Waals surface area contributed by atoms with Gasteiger partial charge in [-0.3, -0.25) is 0 Å². The van der Waals surface area contributed by atoms with E-state index in [9.17, 15) is 4.79 Å². The molecular weight excluding hydrogens is 332 g/mol. The summed E-state index contributed by atoms with van der Waals surface area (Å²) in [5.41, 5.74) is 3.21. The highest BCUT2D eigenvalue weighted by Crippen LogP contribution is 2.63. The monoisotopic (exact) mass is 354 g/mol. The second kappa shape index (κ2) is 5.33. The van der Waals surface area contributed by atoms with Crippen LogP contribution in [0.4, 0.5) is 0 Å². The second-order valence-corrected chi connectivity index (χ2v) is 8.78. The second-order valence-electron chi connectivity index (χ2n) is 8.25. The van der Waals surface area contributed by atoms with Crippen molar-refractivity contribution < 1.29 is 4.79 Å². The molecule has 2 aliphatic rings. The molecule has 1 fully saturated rings. The highest BCUT2D eigenvalue weighted by molar-refractivity contribution is 6.21. The quantitative estimate of drug-likeness (QED) is 0.348. The Morgan fingerprint density at radius 1 is 1.36 bits per heavy atom. The first-order valence-electron chi connectivity index (χ1n) is 8.82. The number of hydrogen-bond donors (Lipinski definition) is 1. The fraction of sp³-hybridized carbons (Fsp3) is 0.476. The van der Waals surface area contributed by atoms with Gasteiger partial charge in [-0.2, -0.15) is 0 Å². The van der Waals surface area contributed by atoms with E-state index in [-0.39, 0.29) is 22.8 Å². The molecule has 0 aliphatic heterocycles. The van der Waals surface area contributed by atoms with Crippen LogP contribution >= 0.6 is 11.6 Å². The van der Waals surface area contributed by atoms with Crippen molar-refractivity contribution >= 4 is 28.6 Å². The zero-order chi connectivity index (χ0) is 18.0. The Kier molecular flexibility index (Phi) is 3.55. The molecule has 4 rings (SSSR count). The van der Waals surface area contributed by atoms with E-state index in [1.54, 1.807) is 0 Å². The number of rotatable bonds is 2. The molecule has 130 valence electrons. The molecule has 0 spiro atoms. The summed E-state index contributed by atoms with van der Waals surface area (Å²) >= 11 is 6.81. The molecule has 0 radical (unpaired) electrons. The van der Waals surface area contributed by atoms with Crippen molar-refractivity contribution in [3.63, 3.8) is 0 Å². The van der Waals surface area contributed by atoms with E-state index in [0.717, 1.165) is 11.9 Å². The number of aromatic amines is 1. The molecule has 1 aromatic carbocycles. The summed E-state index contributed by atoms with van der Waals surface area (Å²) in [6.07, 6.45) is 4.58. The van der Waals surface area contributed by atoms with E-state index in [2.05, 4.69) is 55.5 Å². The van der Waals surface area contributed by atoms with Gasteiger partial charge in [-0.05, 0) is 24.0 Å². The number of isocyanates is 1. The largest absolute Gasteiger partial charge is 0.358 e. The van der Waals surface area contributed by atoms with Crippen LogP contribution < -0.4 is 0 Å². The SMILES string of the molecule is C=C[C@@]1(C)[C@@H](Cl)C[C@@H]2[C@H](c3c([nH]c4ccccc34)C2(C)C)[C@@H]1N=C=O. The summed E-state index contributed by atoms with van der Waals surface area (Å²) in [6.45, 7) is 10.6. The minimum atomic E-state index is -0.434. The number of carbonyl (C=O) groups excluding carboxylic acids is 1. The van der Waals surface area contributed by atoms with Gasteiger partial charge in [-0.25, -0.2) is 9.79 Å². The van der Waals surface area contributed by atoms with Crippen LogP contribution in [-0.2, 0) is 10.2 Å². The zero-order valence-electron chi connectivity index (χ0n) is 14.8. The predicted octanol–water partition coefficient (Wildman–Crippen LogP) is 5.07. The molecule has 5 atom stereocenters. The first-order valence-corrected chi connectivity index (χ1v) is 9.25. The Hall–Kier alpha value is -1.83. The number of H-pyrrole nitrogens is 1. The fourth-order valence-electron chi connectivity index (χ4n) is 5.25. The number of alkyl halides is 1. The fourth-order valence-corrected chi connectivity index (χ4v) is 5.66. The molecule has 1 heterocycles. The minimum Gasteiger partial charge on any atom is -0.358 e. The first-order chi connectivity index (χ1) is 11.9. The highest BCUT2D eigenvalue weighted by atomic mass is 35.5. The van der Waals surface area contributed by atoms with Crippen molar-refractivity contribution in [3.8, 4) is 0 Å². The molecule has 0 saturated heterocycles. The van der Waals surface area contributed by atoms with Gasteiger partial charge in [0.1, 0.15) is 0 Å². The molecule has 3 nitrogen and oxygen atoms in total. The smallest absolute Gasteiger partial charge is 0.235 e. The lowest BCUT2D eigenvalue weighted by molar-refractivity contribution is 0.130. The lowest BCUT2D eigenvalue weighted by Crippen LogP contribution is -2.50. The first kappa shape index (κ1) is 16.6. The van der Waals surface area contributed by atoms with Gasteiger partial charge in [0.2, 0.25) is 6.08 Å². The maximum atomic E-state index is 11.3. The van der Waals surface area contributed by atoms with Crippen molar-refractivity contribution in [1.29, 1.82) is 0 Å². The molecule has 0 bridgehead atoms. The van der Waals surface area contributed by atoms with E-state index >= 15 is 0 Å². The van der Waals surface area contributed by atoms with Crippen molar-refractivity contribution in [2.45, 2.75) is 49.9 Å². The molecular formula is C21H23ClN2O. The van der Waals surface area contributed by atoms with Crippen molar-refractivity contribution in [2.75, 3.05) is 0 Å². The molecule has 1 aromatic heterocycles. The van der Waals surface area contributed by atoms with Crippen LogP contribution in [-0.4, -0.2) is 22.5 Å². The molecule has 2 aliphatic carbocycles. The number of fused-ring (bicyclic) bond motifs is 5. The van der Waals surface area contributed by atoms with Gasteiger partial charge in [0.15, 0.2) is 0 Å². The van der Waals surface area contributed by atoms with E-state index in [1.807, 2.05) is 18.2 Å². The number of nitrogens with zero attached hydrogens (tertiary/aromatic N) is 1. The van der Waals surface area contributed by atoms with Crippen LogP contribution in [0.3, 0.4) is 0 Å². The van der Waals surface area contributed by atoms with Gasteiger partial charge in [-0.15, -0.1) is 18.2 Å². The van der Waals surface area contributed by atoms with Gasteiger partial charge in [0, 0.05) is 38.7 Å². The molecule has 2 aromatic rings. The average molecular weight is 355 g/mol. The minimum absolute atomic E-state index is 0.0503. The van der Waals surface area contributed by atoms with Crippen molar-refractivity contribution in [2.24, 2.45) is 16.3 Å². The molecule has 0 unspecified atom stereocenters. The standard InChI is InChI=1S/C21H23ClN2O/c1-5-21(4)15(22)10-13-17(19(21)23-11-25)16-12-8-6-7-9-14(12)24-18(16)20(13,2)3/h5-9,13,15,17,19,24H,1,10H2,2-4H3/t13-,15+,17-,19+,21+/m1/s1. The van der Waals surface area contributed by atoms with Crippen LogP contribution in [0, 0.1) is 11.3 Å². The number of para-hydroxylation sites is 1. The summed E-state index contributed by atoms with van der Waals surface area (Å²) in [6, 6.07) is 8.13. The maximum Gasteiger partial charge on any atom is 0.235 e. The van der Waals surface area contributed by atoms with E-state index in [0.29, 0.717) is 5.92 Å². The van der Waals surface area contributed by atoms with E-state index < -0.39 is 5.41 Å². The van der Waals surface area contributed by atoms with Gasteiger partial charge in [0.25, 0.3) is 0 Å². The molecule has 4 heteroatoms. The zero-order valence-corrected chi connectivity index (χ0v) is 15.6. The summed E-state index contributed by atoms with van der Waals surface area (Å²) < 4.78 is 0. The third-order valence-corrected chi connectivity index (χ3v) is 7.48. The highest BCUT2D eigenvalue weighted by Gasteiger charge is 2.60. The van der Waals surface area contributed by atoms with Crippen LogP contribution in [0.5, 0.6) is 0 Å². The molecule has 0 amide bonds. The van der Waals surface area contributed by atoms with Gasteiger partial charge < -0.3 is 4.98 Å². The van der Waals surface area contributed by atoms with Gasteiger partial charge in [0.05, 0.1) is 6.04 Å². The normalized spacial score (nSPS) is 35.7. The van der Waals surface area contributed by atoms with Crippen LogP contribution in [0.2, 0.25) is 0 Å². The van der Waals surface area contributed by atoms with Crippen molar-refractivity contribution in [1.82, 2.24) is 4.98 Å². The van der Waals surface area contributed by atoms with Crippen molar-refractivity contribution in [3.05, 3.63) is 48.2 Å². The Morgan fingerprint density at radius 3 is 2.76 bits per heavy atom. The molecule has 25 heavy (non-hydrogen) atoms. The lowest BCUT2D eigenvalue weighted by Gasteiger charge is -2.49. The van der Waals surface area contributed by atoms with Gasteiger partial charge in [-0.1, -0.05) is 45.0 Å². The number of halogens is 1. The Morgan fingerprint density at radius 2 is 2.08 bits per heavy atom. The third kappa shape index (κ3) is 2.00. The average Bonchev–Trinajstić information content (AvgIpc) is 3.07. The summed E-state index contributed by atoms with van der Waals surface area (Å²) in [5.74, 6) is 0.469. The summed E-state index contributed by atoms with van der Waals surface area (Å²) in [7, 11) is 0. The third-order valence-electron chi connectivity index (χ3n) is 6.83. The number of benzene rings is 1. The Balaban J connectivity index is 2.02. The number of hydrogen-bond acceptors (Lipinski definition) is 2. The van der Waals surface area contributed by atoms with Crippen LogP contribution in [0.25, 0.3) is 10.9 Å². The predicted molar refractivity (Wildman–Crippen MR) is 102 cm³/mol. The Labute approximate surface area is 153 Å². The molecule has 1 saturated carbocycles. The number of aliphatic imine (C=N–C) groups is 1. The van der Waals surface area contributed by atoms with Gasteiger partial charge >= 0.3 is 0 Å². The summed E-state index contributed by atoms with van der Waals surface area (Å²) in [5, 5.41) is 1.12. The number of aromatic nitrogens is 1. The van der Waals surface area contributed by atoms with E-state index in [1.165, 1.54) is 16.6 Å². The van der Waals surface area contributed by atoms with Crippen LogP contribution in [0.1, 0.15) is 44.4 Å². The lowest BCUT2D eigenvalue weighted by atomic mass is 9.59. The number of nitrogens with one attached hydrogen (secondary N) is 1. The van der Waals surface area contributed by atoms with E-state index in [4.69, 9.17) is 11.6 Å².